The standard InChI is InChI=1S/C18H31N5.HI/c1-3-19-18(22-14-17-9-5-6-10-20-17)21-13-16(2)15-23-11-7-4-8-12-23;/h5-6,9-10,16H,3-4,7-8,11-15H2,1-2H3,(H2,19,21,22);1H. The molecule has 2 rings (SSSR count). The summed E-state index contributed by atoms with van der Waals surface area (Å²) in [4.78, 5) is 11.5. The summed E-state index contributed by atoms with van der Waals surface area (Å²) in [5.74, 6) is 1.50. The molecular weight excluding hydrogens is 413 g/mol. The van der Waals surface area contributed by atoms with E-state index in [1.807, 2.05) is 24.4 Å². The quantitative estimate of drug-likeness (QED) is 0.385. The monoisotopic (exact) mass is 445 g/mol. The second kappa shape index (κ2) is 12.5. The Kier molecular flexibility index (Phi) is 11.0. The highest BCUT2D eigenvalue weighted by atomic mass is 127. The van der Waals surface area contributed by atoms with Crippen molar-refractivity contribution in [2.24, 2.45) is 10.9 Å². The van der Waals surface area contributed by atoms with Gasteiger partial charge in [0.05, 0.1) is 12.2 Å². The number of guanidine groups is 1. The van der Waals surface area contributed by atoms with Gasteiger partial charge in [-0.3, -0.25) is 4.98 Å². The molecule has 0 saturated carbocycles. The smallest absolute Gasteiger partial charge is 0.191 e. The molecule has 5 nitrogen and oxygen atoms in total. The lowest BCUT2D eigenvalue weighted by atomic mass is 10.1. The van der Waals surface area contributed by atoms with E-state index in [1.54, 1.807) is 0 Å². The molecule has 1 saturated heterocycles. The Morgan fingerprint density at radius 3 is 2.71 bits per heavy atom. The minimum Gasteiger partial charge on any atom is -0.357 e. The molecule has 2 N–H and O–H groups in total. The fraction of sp³-hybridized carbons (Fsp3) is 0.667. The largest absolute Gasteiger partial charge is 0.357 e. The Morgan fingerprint density at radius 2 is 2.04 bits per heavy atom. The van der Waals surface area contributed by atoms with Crippen molar-refractivity contribution >= 4 is 29.9 Å². The van der Waals surface area contributed by atoms with Crippen LogP contribution in [0.25, 0.3) is 0 Å². The average Bonchev–Trinajstić information content (AvgIpc) is 2.59. The number of aromatic nitrogens is 1. The van der Waals surface area contributed by atoms with Crippen LogP contribution in [0.2, 0.25) is 0 Å². The minimum absolute atomic E-state index is 0. The second-order valence-corrected chi connectivity index (χ2v) is 6.36. The van der Waals surface area contributed by atoms with E-state index in [9.17, 15) is 0 Å². The Bertz CT molecular complexity index is 460. The van der Waals surface area contributed by atoms with Gasteiger partial charge in [0.2, 0.25) is 0 Å². The Labute approximate surface area is 163 Å². The van der Waals surface area contributed by atoms with Gasteiger partial charge in [0, 0.05) is 25.8 Å². The van der Waals surface area contributed by atoms with E-state index in [-0.39, 0.29) is 24.0 Å². The van der Waals surface area contributed by atoms with Gasteiger partial charge in [-0.1, -0.05) is 19.4 Å². The van der Waals surface area contributed by atoms with Crippen molar-refractivity contribution < 1.29 is 0 Å². The predicted octanol–water partition coefficient (Wildman–Crippen LogP) is 2.88. The van der Waals surface area contributed by atoms with Crippen LogP contribution in [0.4, 0.5) is 0 Å². The lowest BCUT2D eigenvalue weighted by Crippen LogP contribution is -2.42. The van der Waals surface area contributed by atoms with Crippen LogP contribution < -0.4 is 10.6 Å². The van der Waals surface area contributed by atoms with E-state index < -0.39 is 0 Å². The third-order valence-electron chi connectivity index (χ3n) is 4.11. The van der Waals surface area contributed by atoms with Gasteiger partial charge in [-0.2, -0.15) is 0 Å². The number of nitrogens with one attached hydrogen (secondary N) is 2. The summed E-state index contributed by atoms with van der Waals surface area (Å²) in [5.41, 5.74) is 0.992. The highest BCUT2D eigenvalue weighted by Gasteiger charge is 2.13. The third kappa shape index (κ3) is 8.28. The molecule has 1 unspecified atom stereocenters. The van der Waals surface area contributed by atoms with Crippen molar-refractivity contribution in [2.45, 2.75) is 39.7 Å². The van der Waals surface area contributed by atoms with Crippen LogP contribution in [0.5, 0.6) is 0 Å². The first-order valence-electron chi connectivity index (χ1n) is 8.92. The number of hydrogen-bond acceptors (Lipinski definition) is 3. The van der Waals surface area contributed by atoms with Crippen molar-refractivity contribution in [3.05, 3.63) is 30.1 Å². The molecule has 24 heavy (non-hydrogen) atoms. The van der Waals surface area contributed by atoms with Crippen LogP contribution >= 0.6 is 24.0 Å². The maximum Gasteiger partial charge on any atom is 0.191 e. The van der Waals surface area contributed by atoms with Crippen molar-refractivity contribution in [1.29, 1.82) is 0 Å². The van der Waals surface area contributed by atoms with Gasteiger partial charge in [-0.25, -0.2) is 4.99 Å². The van der Waals surface area contributed by atoms with Crippen LogP contribution in [-0.2, 0) is 6.54 Å². The third-order valence-corrected chi connectivity index (χ3v) is 4.11. The first kappa shape index (κ1) is 21.2. The predicted molar refractivity (Wildman–Crippen MR) is 112 cm³/mol. The van der Waals surface area contributed by atoms with E-state index in [4.69, 9.17) is 0 Å². The molecule has 0 bridgehead atoms. The van der Waals surface area contributed by atoms with E-state index in [0.29, 0.717) is 12.5 Å². The summed E-state index contributed by atoms with van der Waals surface area (Å²) >= 11 is 0. The molecule has 0 radical (unpaired) electrons. The van der Waals surface area contributed by atoms with Crippen molar-refractivity contribution in [3.63, 3.8) is 0 Å². The molecule has 0 aliphatic carbocycles. The summed E-state index contributed by atoms with van der Waals surface area (Å²) < 4.78 is 0. The zero-order valence-corrected chi connectivity index (χ0v) is 17.3. The molecule has 1 aliphatic heterocycles. The number of likely N-dealkylation sites (tertiary alicyclic amines) is 1. The zero-order valence-electron chi connectivity index (χ0n) is 15.0. The molecule has 1 fully saturated rings. The Morgan fingerprint density at radius 1 is 1.25 bits per heavy atom. The summed E-state index contributed by atoms with van der Waals surface area (Å²) in [6.07, 6.45) is 5.92. The van der Waals surface area contributed by atoms with Gasteiger partial charge < -0.3 is 15.5 Å². The van der Waals surface area contributed by atoms with Crippen LogP contribution in [0, 0.1) is 5.92 Å². The molecular formula is C18H32IN5. The van der Waals surface area contributed by atoms with E-state index >= 15 is 0 Å². The first-order valence-corrected chi connectivity index (χ1v) is 8.92. The van der Waals surface area contributed by atoms with Gasteiger partial charge in [-0.15, -0.1) is 24.0 Å². The molecule has 136 valence electrons. The summed E-state index contributed by atoms with van der Waals surface area (Å²) in [6, 6.07) is 5.93. The topological polar surface area (TPSA) is 52.6 Å². The van der Waals surface area contributed by atoms with Crippen LogP contribution in [0.15, 0.2) is 29.4 Å². The second-order valence-electron chi connectivity index (χ2n) is 6.36. The fourth-order valence-corrected chi connectivity index (χ4v) is 2.91. The van der Waals surface area contributed by atoms with Gasteiger partial charge in [0.25, 0.3) is 0 Å². The fourth-order valence-electron chi connectivity index (χ4n) is 2.91. The molecule has 1 aromatic heterocycles. The lowest BCUT2D eigenvalue weighted by molar-refractivity contribution is 0.201. The van der Waals surface area contributed by atoms with Gasteiger partial charge in [0.15, 0.2) is 5.96 Å². The minimum atomic E-state index is 0. The van der Waals surface area contributed by atoms with Crippen molar-refractivity contribution in [1.82, 2.24) is 20.5 Å². The van der Waals surface area contributed by atoms with E-state index in [0.717, 1.165) is 24.7 Å². The zero-order chi connectivity index (χ0) is 16.3. The number of hydrogen-bond donors (Lipinski definition) is 2. The molecule has 1 aromatic rings. The molecule has 0 spiro atoms. The Balaban J connectivity index is 0.00000288. The van der Waals surface area contributed by atoms with Gasteiger partial charge >= 0.3 is 0 Å². The van der Waals surface area contributed by atoms with E-state index in [2.05, 4.69) is 39.4 Å². The van der Waals surface area contributed by atoms with Crippen molar-refractivity contribution in [3.8, 4) is 0 Å². The molecule has 2 heterocycles. The Hall–Kier alpha value is -0.890. The van der Waals surface area contributed by atoms with E-state index in [1.165, 1.54) is 38.9 Å². The SMILES string of the molecule is CCNC(=NCc1ccccn1)NCC(C)CN1CCCCC1.I. The molecule has 6 heteroatoms. The van der Waals surface area contributed by atoms with Crippen LogP contribution in [-0.4, -0.2) is 48.6 Å². The summed E-state index contributed by atoms with van der Waals surface area (Å²) in [6.45, 7) is 10.5. The highest BCUT2D eigenvalue weighted by Crippen LogP contribution is 2.10. The average molecular weight is 445 g/mol. The molecule has 1 aliphatic rings. The number of aliphatic imine (C=N–C) groups is 1. The van der Waals surface area contributed by atoms with Gasteiger partial charge in [0.1, 0.15) is 0 Å². The normalized spacial score (nSPS) is 17.0. The van der Waals surface area contributed by atoms with Crippen LogP contribution in [0.1, 0.15) is 38.8 Å². The maximum absolute atomic E-state index is 4.62. The maximum atomic E-state index is 4.62. The molecule has 0 amide bonds. The first-order chi connectivity index (χ1) is 11.3. The number of pyridine rings is 1. The number of halogens is 1. The summed E-state index contributed by atoms with van der Waals surface area (Å²) in [5, 5.41) is 6.77. The highest BCUT2D eigenvalue weighted by molar-refractivity contribution is 14.0. The van der Waals surface area contributed by atoms with Crippen molar-refractivity contribution in [2.75, 3.05) is 32.7 Å². The molecule has 0 aromatic carbocycles. The number of nitrogens with zero attached hydrogens (tertiary/aromatic N) is 3. The lowest BCUT2D eigenvalue weighted by Gasteiger charge is -2.29. The number of rotatable bonds is 7. The number of piperidine rings is 1. The summed E-state index contributed by atoms with van der Waals surface area (Å²) in [7, 11) is 0. The molecule has 1 atom stereocenters. The van der Waals surface area contributed by atoms with Gasteiger partial charge in [-0.05, 0) is 50.9 Å². The van der Waals surface area contributed by atoms with Crippen LogP contribution in [0.3, 0.4) is 0 Å².